The van der Waals surface area contributed by atoms with Gasteiger partial charge in [-0.3, -0.25) is 14.6 Å². The minimum absolute atomic E-state index is 0.0621. The number of aryl methyl sites for hydroxylation is 1. The maximum absolute atomic E-state index is 13.0. The first-order valence-corrected chi connectivity index (χ1v) is 9.88. The molecule has 1 fully saturated rings. The first kappa shape index (κ1) is 20.3. The fourth-order valence-electron chi connectivity index (χ4n) is 3.77. The number of hydrogen-bond donors (Lipinski definition) is 1. The lowest BCUT2D eigenvalue weighted by molar-refractivity contribution is -0.139. The van der Waals surface area contributed by atoms with Crippen LogP contribution in [0.25, 0.3) is 5.76 Å². The third-order valence-corrected chi connectivity index (χ3v) is 5.28. The van der Waals surface area contributed by atoms with Crippen LogP contribution >= 0.6 is 0 Å². The van der Waals surface area contributed by atoms with E-state index in [4.69, 9.17) is 4.74 Å². The highest BCUT2D eigenvalue weighted by atomic mass is 16.5. The number of pyridine rings is 1. The van der Waals surface area contributed by atoms with Crippen LogP contribution in [0.15, 0.2) is 73.1 Å². The fourth-order valence-corrected chi connectivity index (χ4v) is 3.77. The Morgan fingerprint density at radius 2 is 1.90 bits per heavy atom. The molecule has 3 aromatic rings. The van der Waals surface area contributed by atoms with E-state index in [-0.39, 0.29) is 11.3 Å². The number of ether oxygens (including phenoxy) is 1. The van der Waals surface area contributed by atoms with Crippen LogP contribution in [0.1, 0.15) is 23.6 Å². The molecule has 31 heavy (non-hydrogen) atoms. The third kappa shape index (κ3) is 4.05. The highest BCUT2D eigenvalue weighted by Crippen LogP contribution is 2.39. The second kappa shape index (κ2) is 8.83. The van der Waals surface area contributed by atoms with E-state index in [9.17, 15) is 14.7 Å². The molecule has 8 nitrogen and oxygen atoms in total. The van der Waals surface area contributed by atoms with Crippen molar-refractivity contribution in [2.75, 3.05) is 13.7 Å². The van der Waals surface area contributed by atoms with Gasteiger partial charge in [-0.25, -0.2) is 4.98 Å². The Morgan fingerprint density at radius 3 is 2.61 bits per heavy atom. The number of Topliss-reactive ketones (excluding diaryl/α,β-unsaturated/α-hetero) is 1. The van der Waals surface area contributed by atoms with Gasteiger partial charge in [-0.15, -0.1) is 0 Å². The first-order valence-electron chi connectivity index (χ1n) is 9.88. The smallest absolute Gasteiger partial charge is 0.295 e. The number of hydrogen-bond acceptors (Lipinski definition) is 6. The van der Waals surface area contributed by atoms with E-state index >= 15 is 0 Å². The highest BCUT2D eigenvalue weighted by molar-refractivity contribution is 6.46. The van der Waals surface area contributed by atoms with Gasteiger partial charge in [0.2, 0.25) is 0 Å². The summed E-state index contributed by atoms with van der Waals surface area (Å²) >= 11 is 0. The van der Waals surface area contributed by atoms with E-state index < -0.39 is 17.7 Å². The van der Waals surface area contributed by atoms with E-state index in [1.54, 1.807) is 61.3 Å². The molecule has 0 unspecified atom stereocenters. The molecule has 1 amide bonds. The Hall–Kier alpha value is -3.94. The van der Waals surface area contributed by atoms with Crippen LogP contribution in [0.5, 0.6) is 5.75 Å². The molecule has 1 aromatic carbocycles. The first-order chi connectivity index (χ1) is 15.1. The van der Waals surface area contributed by atoms with Gasteiger partial charge in [0.05, 0.1) is 25.1 Å². The summed E-state index contributed by atoms with van der Waals surface area (Å²) in [7, 11) is 1.52. The lowest BCUT2D eigenvalue weighted by Crippen LogP contribution is -2.31. The second-order valence-electron chi connectivity index (χ2n) is 7.16. The number of ketones is 1. The van der Waals surface area contributed by atoms with Crippen molar-refractivity contribution >= 4 is 17.4 Å². The zero-order chi connectivity index (χ0) is 21.8. The Bertz CT molecular complexity index is 1110. The van der Waals surface area contributed by atoms with Crippen molar-refractivity contribution in [2.45, 2.75) is 19.0 Å². The number of amides is 1. The van der Waals surface area contributed by atoms with Gasteiger partial charge < -0.3 is 19.3 Å². The average molecular weight is 418 g/mol. The molecule has 158 valence electrons. The maximum Gasteiger partial charge on any atom is 0.295 e. The monoisotopic (exact) mass is 418 g/mol. The number of aliphatic hydroxyl groups excluding tert-OH is 1. The Morgan fingerprint density at radius 1 is 1.10 bits per heavy atom. The molecule has 0 bridgehead atoms. The minimum atomic E-state index is -0.704. The molecule has 0 spiro atoms. The highest BCUT2D eigenvalue weighted by Gasteiger charge is 2.45. The number of methoxy groups -OCH3 is 1. The molecule has 4 rings (SSSR count). The number of imidazole rings is 1. The Kier molecular flexibility index (Phi) is 5.79. The van der Waals surface area contributed by atoms with Gasteiger partial charge in [-0.2, -0.15) is 0 Å². The normalized spacial score (nSPS) is 17.8. The summed E-state index contributed by atoms with van der Waals surface area (Å²) in [5.41, 5.74) is 1.18. The van der Waals surface area contributed by atoms with E-state index in [2.05, 4.69) is 9.97 Å². The average Bonchev–Trinajstić information content (AvgIpc) is 3.41. The van der Waals surface area contributed by atoms with E-state index in [0.717, 1.165) is 0 Å². The maximum atomic E-state index is 13.0. The summed E-state index contributed by atoms with van der Waals surface area (Å²) in [6.07, 6.45) is 9.08. The summed E-state index contributed by atoms with van der Waals surface area (Å²) in [6.45, 7) is 1.01. The van der Waals surface area contributed by atoms with Crippen LogP contribution in [0.3, 0.4) is 0 Å². The van der Waals surface area contributed by atoms with Gasteiger partial charge in [0.1, 0.15) is 11.5 Å². The molecule has 0 aliphatic carbocycles. The van der Waals surface area contributed by atoms with E-state index in [1.807, 2.05) is 10.8 Å². The zero-order valence-corrected chi connectivity index (χ0v) is 17.0. The number of nitrogens with zero attached hydrogens (tertiary/aromatic N) is 4. The molecule has 3 heterocycles. The molecule has 0 saturated carbocycles. The van der Waals surface area contributed by atoms with Gasteiger partial charge in [0.25, 0.3) is 11.7 Å². The molecule has 0 radical (unpaired) electrons. The quantitative estimate of drug-likeness (QED) is 0.360. The van der Waals surface area contributed by atoms with Crippen LogP contribution in [-0.4, -0.2) is 49.9 Å². The second-order valence-corrected chi connectivity index (χ2v) is 7.16. The number of carbonyl (C=O) groups is 2. The fraction of sp³-hybridized carbons (Fsp3) is 0.217. The standard InChI is InChI=1S/C23H22N4O4/c1-31-18-5-2-4-17(14-18)21(28)19-20(16-6-8-24-9-7-16)27(23(30)22(19)29)12-3-11-26-13-10-25-15-26/h2,4-10,13-15,20,28H,3,11-12H2,1H3/t20-/m0/s1. The number of rotatable bonds is 7. The topological polar surface area (TPSA) is 97.6 Å². The van der Waals surface area contributed by atoms with Crippen LogP contribution < -0.4 is 4.74 Å². The molecular formula is C23H22N4O4. The van der Waals surface area contributed by atoms with Crippen LogP contribution in [0, 0.1) is 0 Å². The minimum Gasteiger partial charge on any atom is -0.507 e. The number of aliphatic hydroxyl groups is 1. The third-order valence-electron chi connectivity index (χ3n) is 5.28. The van der Waals surface area contributed by atoms with Gasteiger partial charge in [0, 0.05) is 43.4 Å². The summed E-state index contributed by atoms with van der Waals surface area (Å²) < 4.78 is 7.14. The molecular weight excluding hydrogens is 396 g/mol. The van der Waals surface area contributed by atoms with Gasteiger partial charge in [-0.05, 0) is 36.2 Å². The van der Waals surface area contributed by atoms with Crippen molar-refractivity contribution in [2.24, 2.45) is 0 Å². The van der Waals surface area contributed by atoms with Gasteiger partial charge in [0.15, 0.2) is 0 Å². The molecule has 1 saturated heterocycles. The zero-order valence-electron chi connectivity index (χ0n) is 17.0. The van der Waals surface area contributed by atoms with Crippen molar-refractivity contribution in [3.05, 3.63) is 84.2 Å². The Balaban J connectivity index is 1.72. The van der Waals surface area contributed by atoms with E-state index in [0.29, 0.717) is 36.4 Å². The van der Waals surface area contributed by atoms with Crippen LogP contribution in [0.2, 0.25) is 0 Å². The summed E-state index contributed by atoms with van der Waals surface area (Å²) in [5.74, 6) is -1.02. The molecule has 1 aliphatic heterocycles. The molecule has 8 heteroatoms. The molecule has 1 N–H and O–H groups in total. The van der Waals surface area contributed by atoms with Crippen molar-refractivity contribution in [3.8, 4) is 5.75 Å². The van der Waals surface area contributed by atoms with E-state index in [1.165, 1.54) is 12.0 Å². The predicted molar refractivity (Wildman–Crippen MR) is 113 cm³/mol. The van der Waals surface area contributed by atoms with Crippen molar-refractivity contribution in [3.63, 3.8) is 0 Å². The number of benzene rings is 1. The number of likely N-dealkylation sites (tertiary alicyclic amines) is 1. The SMILES string of the molecule is COc1cccc(C(O)=C2C(=O)C(=O)N(CCCn3ccnc3)[C@H]2c2ccncc2)c1. The summed E-state index contributed by atoms with van der Waals surface area (Å²) in [5, 5.41) is 11.0. The summed E-state index contributed by atoms with van der Waals surface area (Å²) in [6, 6.07) is 9.56. The molecule has 1 aliphatic rings. The number of carbonyl (C=O) groups excluding carboxylic acids is 2. The largest absolute Gasteiger partial charge is 0.507 e. The van der Waals surface area contributed by atoms with Crippen LogP contribution in [0.4, 0.5) is 0 Å². The van der Waals surface area contributed by atoms with Gasteiger partial charge >= 0.3 is 0 Å². The Labute approximate surface area is 179 Å². The molecule has 2 aromatic heterocycles. The predicted octanol–water partition coefficient (Wildman–Crippen LogP) is 2.80. The van der Waals surface area contributed by atoms with Crippen molar-refractivity contribution < 1.29 is 19.4 Å². The lowest BCUT2D eigenvalue weighted by Gasteiger charge is -2.25. The van der Waals surface area contributed by atoms with Crippen molar-refractivity contribution in [1.29, 1.82) is 0 Å². The van der Waals surface area contributed by atoms with Gasteiger partial charge in [-0.1, -0.05) is 12.1 Å². The lowest BCUT2D eigenvalue weighted by atomic mass is 9.96. The number of aromatic nitrogens is 3. The van der Waals surface area contributed by atoms with Crippen molar-refractivity contribution in [1.82, 2.24) is 19.4 Å². The summed E-state index contributed by atoms with van der Waals surface area (Å²) in [4.78, 5) is 35.5. The molecule has 1 atom stereocenters. The van der Waals surface area contributed by atoms with Crippen LogP contribution in [-0.2, 0) is 16.1 Å².